The third kappa shape index (κ3) is 4.62. The Kier molecular flexibility index (Phi) is 6.71. The summed E-state index contributed by atoms with van der Waals surface area (Å²) in [6.45, 7) is 9.72. The van der Waals surface area contributed by atoms with Crippen molar-refractivity contribution in [3.8, 4) is 0 Å². The summed E-state index contributed by atoms with van der Waals surface area (Å²) in [6, 6.07) is 5.98. The molecule has 0 aliphatic carbocycles. The summed E-state index contributed by atoms with van der Waals surface area (Å²) in [5, 5.41) is 4.09. The number of hydrogen-bond donors (Lipinski definition) is 1. The Labute approximate surface area is 209 Å². The molecule has 8 nitrogen and oxygen atoms in total. The number of rotatable bonds is 4. The number of piperidine rings is 1. The number of fused-ring (bicyclic) bond motifs is 1. The average molecular weight is 494 g/mol. The van der Waals surface area contributed by atoms with Crippen molar-refractivity contribution in [1.82, 2.24) is 14.3 Å². The van der Waals surface area contributed by atoms with Crippen molar-refractivity contribution < 1.29 is 14.3 Å². The SMILES string of the molecule is Cc1cccc(NC(=O)C2CCN(c3c(C(=O)N4CCOCC4)cnc4snc(C)c34)CC2)c1C. The third-order valence-corrected chi connectivity index (χ3v) is 8.07. The van der Waals surface area contributed by atoms with Gasteiger partial charge in [0.1, 0.15) is 4.83 Å². The Bertz CT molecular complexity index is 1260. The zero-order valence-electron chi connectivity index (χ0n) is 20.5. The Balaban J connectivity index is 1.37. The molecule has 2 amide bonds. The minimum Gasteiger partial charge on any atom is -0.378 e. The van der Waals surface area contributed by atoms with E-state index in [2.05, 4.69) is 32.6 Å². The molecule has 0 atom stereocenters. The van der Waals surface area contributed by atoms with Crippen LogP contribution in [0.25, 0.3) is 10.2 Å². The minimum atomic E-state index is -0.0661. The fraction of sp³-hybridized carbons (Fsp3) is 0.462. The Hall–Kier alpha value is -3.04. The van der Waals surface area contributed by atoms with E-state index in [1.54, 1.807) is 6.20 Å². The largest absolute Gasteiger partial charge is 0.378 e. The van der Waals surface area contributed by atoms with E-state index < -0.39 is 0 Å². The van der Waals surface area contributed by atoms with E-state index in [0.717, 1.165) is 51.3 Å². The first-order chi connectivity index (χ1) is 16.9. The minimum absolute atomic E-state index is 0.0157. The summed E-state index contributed by atoms with van der Waals surface area (Å²) >= 11 is 1.36. The van der Waals surface area contributed by atoms with Crippen LogP contribution in [0.2, 0.25) is 0 Å². The zero-order valence-corrected chi connectivity index (χ0v) is 21.3. The molecule has 1 N–H and O–H groups in total. The molecule has 2 aliphatic rings. The molecule has 9 heteroatoms. The topological polar surface area (TPSA) is 87.7 Å². The number of morpholine rings is 1. The number of nitrogens with zero attached hydrogens (tertiary/aromatic N) is 4. The summed E-state index contributed by atoms with van der Waals surface area (Å²) < 4.78 is 9.95. The second-order valence-corrected chi connectivity index (χ2v) is 10.1. The number of carbonyl (C=O) groups excluding carboxylic acids is 2. The van der Waals surface area contributed by atoms with Crippen molar-refractivity contribution in [2.24, 2.45) is 5.92 Å². The molecule has 4 heterocycles. The summed E-state index contributed by atoms with van der Waals surface area (Å²) in [5.41, 5.74) is 5.55. The van der Waals surface area contributed by atoms with Crippen molar-refractivity contribution in [2.75, 3.05) is 49.6 Å². The molecule has 0 spiro atoms. The second kappa shape index (κ2) is 9.91. The maximum Gasteiger partial charge on any atom is 0.257 e. The molecule has 0 unspecified atom stereocenters. The molecule has 0 bridgehead atoms. The summed E-state index contributed by atoms with van der Waals surface area (Å²) in [7, 11) is 0. The van der Waals surface area contributed by atoms with E-state index in [1.807, 2.05) is 30.9 Å². The van der Waals surface area contributed by atoms with E-state index in [1.165, 1.54) is 11.5 Å². The maximum atomic E-state index is 13.5. The van der Waals surface area contributed by atoms with Gasteiger partial charge in [-0.15, -0.1) is 0 Å². The molecule has 0 saturated carbocycles. The average Bonchev–Trinajstić information content (AvgIpc) is 3.27. The predicted molar refractivity (Wildman–Crippen MR) is 138 cm³/mol. The number of aromatic nitrogens is 2. The number of amides is 2. The molecule has 0 radical (unpaired) electrons. The molecule has 2 saturated heterocycles. The van der Waals surface area contributed by atoms with E-state index in [0.29, 0.717) is 45.0 Å². The summed E-state index contributed by atoms with van der Waals surface area (Å²) in [6.07, 6.45) is 3.15. The zero-order chi connectivity index (χ0) is 24.5. The first-order valence-corrected chi connectivity index (χ1v) is 13.0. The number of ether oxygens (including phenoxy) is 1. The van der Waals surface area contributed by atoms with Gasteiger partial charge in [0.25, 0.3) is 5.91 Å². The molecule has 5 rings (SSSR count). The number of pyridine rings is 1. The van der Waals surface area contributed by atoms with Gasteiger partial charge in [-0.2, -0.15) is 4.37 Å². The quantitative estimate of drug-likeness (QED) is 0.592. The van der Waals surface area contributed by atoms with Gasteiger partial charge in [-0.25, -0.2) is 4.98 Å². The highest BCUT2D eigenvalue weighted by atomic mass is 32.1. The lowest BCUT2D eigenvalue weighted by Crippen LogP contribution is -2.42. The van der Waals surface area contributed by atoms with Gasteiger partial charge >= 0.3 is 0 Å². The molecule has 2 fully saturated rings. The van der Waals surface area contributed by atoms with E-state index in [-0.39, 0.29) is 17.7 Å². The highest BCUT2D eigenvalue weighted by Crippen LogP contribution is 2.37. The van der Waals surface area contributed by atoms with Crippen LogP contribution in [0.3, 0.4) is 0 Å². The summed E-state index contributed by atoms with van der Waals surface area (Å²) in [5.74, 6) is -0.0158. The highest BCUT2D eigenvalue weighted by molar-refractivity contribution is 7.13. The maximum absolute atomic E-state index is 13.5. The number of benzene rings is 1. The van der Waals surface area contributed by atoms with Gasteiger partial charge in [0.15, 0.2) is 0 Å². The number of hydrogen-bond acceptors (Lipinski definition) is 7. The van der Waals surface area contributed by atoms with Gasteiger partial charge in [-0.05, 0) is 62.3 Å². The van der Waals surface area contributed by atoms with Gasteiger partial charge in [0.05, 0.1) is 35.5 Å². The number of aryl methyl sites for hydroxylation is 2. The summed E-state index contributed by atoms with van der Waals surface area (Å²) in [4.78, 5) is 36.1. The van der Waals surface area contributed by atoms with E-state index in [4.69, 9.17) is 4.74 Å². The van der Waals surface area contributed by atoms with Crippen LogP contribution in [0.1, 0.15) is 40.0 Å². The van der Waals surface area contributed by atoms with Gasteiger partial charge < -0.3 is 19.9 Å². The molecule has 2 aliphatic heterocycles. The van der Waals surface area contributed by atoms with Crippen molar-refractivity contribution in [1.29, 1.82) is 0 Å². The van der Waals surface area contributed by atoms with Gasteiger partial charge in [0, 0.05) is 44.0 Å². The van der Waals surface area contributed by atoms with Crippen LogP contribution < -0.4 is 10.2 Å². The fourth-order valence-electron chi connectivity index (χ4n) is 4.95. The van der Waals surface area contributed by atoms with Crippen LogP contribution in [-0.2, 0) is 9.53 Å². The Morgan fingerprint density at radius 2 is 1.83 bits per heavy atom. The standard InChI is InChI=1S/C26H31N5O3S/c1-16-5-4-6-21(17(16)2)28-24(32)19-7-9-30(10-8-19)23-20(26(33)31-11-13-34-14-12-31)15-27-25-22(23)18(3)29-35-25/h4-6,15,19H,7-14H2,1-3H3,(H,28,32). The van der Waals surface area contributed by atoms with Crippen LogP contribution in [0.5, 0.6) is 0 Å². The van der Waals surface area contributed by atoms with Crippen molar-refractivity contribution in [3.63, 3.8) is 0 Å². The first kappa shape index (κ1) is 23.7. The molecular weight excluding hydrogens is 462 g/mol. The lowest BCUT2D eigenvalue weighted by molar-refractivity contribution is -0.120. The number of carbonyl (C=O) groups is 2. The molecule has 3 aromatic rings. The van der Waals surface area contributed by atoms with Crippen LogP contribution >= 0.6 is 11.5 Å². The monoisotopic (exact) mass is 493 g/mol. The normalized spacial score (nSPS) is 17.1. The molecule has 184 valence electrons. The Morgan fingerprint density at radius 1 is 1.09 bits per heavy atom. The molecule has 1 aromatic carbocycles. The van der Waals surface area contributed by atoms with Gasteiger partial charge in [-0.1, -0.05) is 12.1 Å². The molecule has 2 aromatic heterocycles. The predicted octanol–water partition coefficient (Wildman–Crippen LogP) is 3.94. The van der Waals surface area contributed by atoms with Gasteiger partial charge in [-0.3, -0.25) is 9.59 Å². The highest BCUT2D eigenvalue weighted by Gasteiger charge is 2.31. The van der Waals surface area contributed by atoms with Crippen LogP contribution in [0, 0.1) is 26.7 Å². The number of nitrogens with one attached hydrogen (secondary N) is 1. The van der Waals surface area contributed by atoms with Crippen molar-refractivity contribution >= 4 is 44.9 Å². The van der Waals surface area contributed by atoms with E-state index >= 15 is 0 Å². The number of anilines is 2. The van der Waals surface area contributed by atoms with Crippen LogP contribution in [0.4, 0.5) is 11.4 Å². The lowest BCUT2D eigenvalue weighted by atomic mass is 9.94. The van der Waals surface area contributed by atoms with E-state index in [9.17, 15) is 9.59 Å². The Morgan fingerprint density at radius 3 is 2.57 bits per heavy atom. The lowest BCUT2D eigenvalue weighted by Gasteiger charge is -2.35. The fourth-order valence-corrected chi connectivity index (χ4v) is 5.70. The van der Waals surface area contributed by atoms with Crippen molar-refractivity contribution in [3.05, 3.63) is 46.8 Å². The molecular formula is C26H31N5O3S. The smallest absolute Gasteiger partial charge is 0.257 e. The molecule has 35 heavy (non-hydrogen) atoms. The van der Waals surface area contributed by atoms with Gasteiger partial charge in [0.2, 0.25) is 5.91 Å². The van der Waals surface area contributed by atoms with Crippen LogP contribution in [-0.4, -0.2) is 65.5 Å². The van der Waals surface area contributed by atoms with Crippen LogP contribution in [0.15, 0.2) is 24.4 Å². The van der Waals surface area contributed by atoms with Crippen molar-refractivity contribution in [2.45, 2.75) is 33.6 Å². The second-order valence-electron chi connectivity index (χ2n) is 9.37. The first-order valence-electron chi connectivity index (χ1n) is 12.2. The third-order valence-electron chi connectivity index (χ3n) is 7.22.